The van der Waals surface area contributed by atoms with Crippen LogP contribution in [0.25, 0.3) is 10.8 Å². The van der Waals surface area contributed by atoms with Crippen molar-refractivity contribution in [2.75, 3.05) is 32.8 Å². The summed E-state index contributed by atoms with van der Waals surface area (Å²) in [6.07, 6.45) is 1.07. The molecule has 0 bridgehead atoms. The van der Waals surface area contributed by atoms with E-state index >= 15 is 0 Å². The molecule has 0 radical (unpaired) electrons. The molecule has 0 saturated carbocycles. The second kappa shape index (κ2) is 15.2. The van der Waals surface area contributed by atoms with Crippen molar-refractivity contribution < 1.29 is 23.8 Å². The molecule has 1 N–H and O–H groups in total. The Kier molecular flexibility index (Phi) is 10.9. The number of carbonyl (C=O) groups excluding carboxylic acids is 2. The third kappa shape index (κ3) is 9.40. The number of ketones is 1. The molecule has 45 heavy (non-hydrogen) atoms. The van der Waals surface area contributed by atoms with Crippen LogP contribution in [-0.4, -0.2) is 61.3 Å². The fraction of sp³-hybridized carbons (Fsp3) is 0.368. The van der Waals surface area contributed by atoms with Gasteiger partial charge in [-0.1, -0.05) is 78.9 Å². The number of amides is 1. The summed E-state index contributed by atoms with van der Waals surface area (Å²) in [5.74, 6) is 1.02. The fourth-order valence-corrected chi connectivity index (χ4v) is 5.62. The Morgan fingerprint density at radius 2 is 1.62 bits per heavy atom. The van der Waals surface area contributed by atoms with Crippen LogP contribution in [0.2, 0.25) is 0 Å². The predicted octanol–water partition coefficient (Wildman–Crippen LogP) is 7.39. The molecule has 7 nitrogen and oxygen atoms in total. The van der Waals surface area contributed by atoms with Crippen molar-refractivity contribution >= 4 is 22.6 Å². The summed E-state index contributed by atoms with van der Waals surface area (Å²) >= 11 is 0. The molecule has 1 amide bonds. The summed E-state index contributed by atoms with van der Waals surface area (Å²) in [6.45, 7) is 8.75. The third-order valence-corrected chi connectivity index (χ3v) is 7.94. The molecule has 0 aliphatic carbocycles. The molecule has 2 unspecified atom stereocenters. The monoisotopic (exact) mass is 608 g/mol. The molecular weight excluding hydrogens is 564 g/mol. The average molecular weight is 609 g/mol. The zero-order valence-corrected chi connectivity index (χ0v) is 26.5. The van der Waals surface area contributed by atoms with Crippen molar-refractivity contribution in [1.29, 1.82) is 0 Å². The molecule has 236 valence electrons. The molecule has 0 aromatic heterocycles. The highest BCUT2D eigenvalue weighted by Crippen LogP contribution is 2.33. The lowest BCUT2D eigenvalue weighted by Gasteiger charge is -2.39. The lowest BCUT2D eigenvalue weighted by Crippen LogP contribution is -2.48. The molecule has 2 atom stereocenters. The van der Waals surface area contributed by atoms with E-state index in [0.717, 1.165) is 35.3 Å². The van der Waals surface area contributed by atoms with E-state index < -0.39 is 5.60 Å². The average Bonchev–Trinajstić information content (AvgIpc) is 3.05. The maximum absolute atomic E-state index is 12.9. The van der Waals surface area contributed by atoms with Crippen molar-refractivity contribution in [3.8, 4) is 5.75 Å². The van der Waals surface area contributed by atoms with Crippen LogP contribution in [0.4, 0.5) is 4.79 Å². The predicted molar refractivity (Wildman–Crippen MR) is 178 cm³/mol. The molecule has 0 spiro atoms. The zero-order chi connectivity index (χ0) is 31.6. The van der Waals surface area contributed by atoms with Gasteiger partial charge in [0.25, 0.3) is 0 Å². The first-order valence-corrected chi connectivity index (χ1v) is 15.8. The van der Waals surface area contributed by atoms with E-state index in [-0.39, 0.29) is 23.9 Å². The number of carbonyl (C=O) groups is 2. The second-order valence-electron chi connectivity index (χ2n) is 12.6. The molecular formula is C38H44N2O5. The minimum atomic E-state index is -0.555. The number of Topliss-reactive ketones (excluding diaryl/α,β-unsaturated/α-hetero) is 1. The topological polar surface area (TPSA) is 77.1 Å². The first-order chi connectivity index (χ1) is 21.7. The highest BCUT2D eigenvalue weighted by Gasteiger charge is 2.35. The highest BCUT2D eigenvalue weighted by atomic mass is 16.6. The number of hydrogen-bond donors (Lipinski definition) is 1. The number of piperidine rings is 1. The van der Waals surface area contributed by atoms with Gasteiger partial charge >= 0.3 is 6.09 Å². The van der Waals surface area contributed by atoms with E-state index in [1.165, 1.54) is 10.8 Å². The summed E-state index contributed by atoms with van der Waals surface area (Å²) in [7, 11) is 0. The van der Waals surface area contributed by atoms with Crippen LogP contribution in [0.15, 0.2) is 97.1 Å². The van der Waals surface area contributed by atoms with Gasteiger partial charge in [-0.15, -0.1) is 0 Å². The Bertz CT molecular complexity index is 1550. The third-order valence-electron chi connectivity index (χ3n) is 7.94. The molecule has 7 heteroatoms. The largest absolute Gasteiger partial charge is 0.494 e. The van der Waals surface area contributed by atoms with Gasteiger partial charge in [-0.05, 0) is 80.3 Å². The maximum atomic E-state index is 12.9. The van der Waals surface area contributed by atoms with Crippen molar-refractivity contribution in [2.24, 2.45) is 0 Å². The molecule has 4 aromatic rings. The van der Waals surface area contributed by atoms with E-state index in [0.29, 0.717) is 39.4 Å². The number of likely N-dealkylation sites (tertiary alicyclic amines) is 1. The molecule has 1 aliphatic heterocycles. The van der Waals surface area contributed by atoms with E-state index in [1.807, 2.05) is 75.4 Å². The van der Waals surface area contributed by atoms with Crippen LogP contribution in [0.5, 0.6) is 5.75 Å². The van der Waals surface area contributed by atoms with Crippen LogP contribution in [-0.2, 0) is 16.1 Å². The van der Waals surface area contributed by atoms with Crippen LogP contribution >= 0.6 is 0 Å². The smallest absolute Gasteiger partial charge is 0.410 e. The maximum Gasteiger partial charge on any atom is 0.410 e. The summed E-state index contributed by atoms with van der Waals surface area (Å²) in [6, 6.07) is 32.2. The number of ether oxygens (including phenoxy) is 3. The molecule has 1 saturated heterocycles. The standard InChI is InChI=1S/C38H44N2O5/c1-38(2,3)45-37(42)40-22-20-34(36(26-40)44-27-28-14-15-29-10-7-8-13-32(29)24-28)30-16-18-33(19-17-30)43-23-9-21-39-25-35(41)31-11-5-4-6-12-31/h4-8,10-19,24,34,36,39H,9,20-23,25-27H2,1-3H3. The van der Waals surface area contributed by atoms with E-state index in [2.05, 4.69) is 47.8 Å². The quantitative estimate of drug-likeness (QED) is 0.134. The Balaban J connectivity index is 1.16. The van der Waals surface area contributed by atoms with E-state index in [4.69, 9.17) is 14.2 Å². The van der Waals surface area contributed by atoms with E-state index in [1.54, 1.807) is 4.90 Å². The molecule has 1 fully saturated rings. The van der Waals surface area contributed by atoms with Crippen molar-refractivity contribution in [2.45, 2.75) is 57.8 Å². The second-order valence-corrected chi connectivity index (χ2v) is 12.6. The van der Waals surface area contributed by atoms with Gasteiger partial charge in [-0.2, -0.15) is 0 Å². The molecule has 5 rings (SSSR count). The van der Waals surface area contributed by atoms with Crippen LogP contribution in [0, 0.1) is 0 Å². The van der Waals surface area contributed by atoms with Crippen molar-refractivity contribution in [3.05, 3.63) is 114 Å². The SMILES string of the molecule is CC(C)(C)OC(=O)N1CCC(c2ccc(OCCCNCC(=O)c3ccccc3)cc2)C(OCc2ccc3ccccc3c2)C1. The summed E-state index contributed by atoms with van der Waals surface area (Å²) in [5.41, 5.74) is 2.43. The van der Waals surface area contributed by atoms with Crippen molar-refractivity contribution in [1.82, 2.24) is 10.2 Å². The zero-order valence-electron chi connectivity index (χ0n) is 26.5. The van der Waals surface area contributed by atoms with Gasteiger partial charge in [0.2, 0.25) is 0 Å². The van der Waals surface area contributed by atoms with E-state index in [9.17, 15) is 9.59 Å². The van der Waals surface area contributed by atoms with Gasteiger partial charge < -0.3 is 24.4 Å². The fourth-order valence-electron chi connectivity index (χ4n) is 5.62. The minimum Gasteiger partial charge on any atom is -0.494 e. The number of nitrogens with one attached hydrogen (secondary N) is 1. The van der Waals surface area contributed by atoms with Gasteiger partial charge in [-0.3, -0.25) is 4.79 Å². The first kappa shape index (κ1) is 32.2. The Morgan fingerprint density at radius 1 is 0.889 bits per heavy atom. The lowest BCUT2D eigenvalue weighted by atomic mass is 9.87. The Hall–Kier alpha value is -4.20. The number of hydrogen-bond acceptors (Lipinski definition) is 6. The first-order valence-electron chi connectivity index (χ1n) is 15.8. The number of nitrogens with zero attached hydrogens (tertiary/aromatic N) is 1. The van der Waals surface area contributed by atoms with Crippen LogP contribution in [0.3, 0.4) is 0 Å². The van der Waals surface area contributed by atoms with Gasteiger partial charge in [0.15, 0.2) is 5.78 Å². The van der Waals surface area contributed by atoms with Crippen molar-refractivity contribution in [3.63, 3.8) is 0 Å². The summed E-state index contributed by atoms with van der Waals surface area (Å²) in [5, 5.41) is 5.58. The molecule has 1 heterocycles. The summed E-state index contributed by atoms with van der Waals surface area (Å²) in [4.78, 5) is 26.9. The minimum absolute atomic E-state index is 0.0867. The molecule has 1 aliphatic rings. The van der Waals surface area contributed by atoms with Gasteiger partial charge in [0, 0.05) is 18.0 Å². The normalized spacial score (nSPS) is 16.8. The molecule has 4 aromatic carbocycles. The number of rotatable bonds is 12. The van der Waals surface area contributed by atoms with Crippen LogP contribution < -0.4 is 10.1 Å². The van der Waals surface area contributed by atoms with Gasteiger partial charge in [0.05, 0.1) is 32.4 Å². The van der Waals surface area contributed by atoms with Gasteiger partial charge in [-0.25, -0.2) is 4.79 Å². The Morgan fingerprint density at radius 3 is 2.38 bits per heavy atom. The Labute approximate surface area is 266 Å². The lowest BCUT2D eigenvalue weighted by molar-refractivity contribution is -0.0359. The number of fused-ring (bicyclic) bond motifs is 1. The van der Waals surface area contributed by atoms with Gasteiger partial charge in [0.1, 0.15) is 11.4 Å². The highest BCUT2D eigenvalue weighted by molar-refractivity contribution is 5.97. The summed E-state index contributed by atoms with van der Waals surface area (Å²) < 4.78 is 18.2. The van der Waals surface area contributed by atoms with Crippen LogP contribution in [0.1, 0.15) is 61.0 Å². The number of benzene rings is 4.